The molecule has 0 saturated heterocycles. The van der Waals surface area contributed by atoms with Gasteiger partial charge < -0.3 is 11.1 Å². The van der Waals surface area contributed by atoms with Crippen molar-refractivity contribution in [2.24, 2.45) is 5.73 Å². The first-order valence-corrected chi connectivity index (χ1v) is 6.89. The molecule has 1 atom stereocenters. The largest absolute Gasteiger partial charge is 0.355 e. The maximum absolute atomic E-state index is 11.6. The molecule has 1 rings (SSSR count). The van der Waals surface area contributed by atoms with Gasteiger partial charge in [0.2, 0.25) is 5.91 Å². The highest BCUT2D eigenvalue weighted by Gasteiger charge is 2.23. The van der Waals surface area contributed by atoms with Crippen molar-refractivity contribution in [2.45, 2.75) is 38.6 Å². The molecular formula is C14H22BrClN2O. The number of carbonyl (C=O) groups excluding carboxylic acids is 1. The molecule has 0 spiro atoms. The van der Waals surface area contributed by atoms with E-state index >= 15 is 0 Å². The smallest absolute Gasteiger partial charge is 0.221 e. The third-order valence-electron chi connectivity index (χ3n) is 2.84. The monoisotopic (exact) mass is 348 g/mol. The van der Waals surface area contributed by atoms with Crippen molar-refractivity contribution in [3.8, 4) is 0 Å². The summed E-state index contributed by atoms with van der Waals surface area (Å²) in [4.78, 5) is 11.6. The van der Waals surface area contributed by atoms with E-state index in [4.69, 9.17) is 5.73 Å². The Bertz CT molecular complexity index is 422. The zero-order chi connectivity index (χ0) is 13.8. The van der Waals surface area contributed by atoms with E-state index in [1.807, 2.05) is 25.1 Å². The van der Waals surface area contributed by atoms with Crippen LogP contribution in [0.2, 0.25) is 0 Å². The molecule has 1 unspecified atom stereocenters. The third-order valence-corrected chi connectivity index (χ3v) is 3.53. The fourth-order valence-corrected chi connectivity index (χ4v) is 2.61. The summed E-state index contributed by atoms with van der Waals surface area (Å²) in [5.74, 6) is 0.00475. The van der Waals surface area contributed by atoms with Crippen molar-refractivity contribution in [3.05, 3.63) is 34.3 Å². The number of nitrogens with one attached hydrogen (secondary N) is 1. The Hall–Kier alpha value is -0.580. The van der Waals surface area contributed by atoms with Crippen LogP contribution in [-0.2, 0) is 10.2 Å². The Morgan fingerprint density at radius 3 is 2.53 bits per heavy atom. The number of halogens is 2. The minimum Gasteiger partial charge on any atom is -0.355 e. The fourth-order valence-electron chi connectivity index (χ4n) is 1.79. The second kappa shape index (κ2) is 7.88. The predicted molar refractivity (Wildman–Crippen MR) is 85.7 cm³/mol. The molecule has 3 N–H and O–H groups in total. The number of carbonyl (C=O) groups is 1. The summed E-state index contributed by atoms with van der Waals surface area (Å²) in [6, 6.07) is 7.98. The van der Waals surface area contributed by atoms with Crippen LogP contribution in [0.15, 0.2) is 28.7 Å². The standard InChI is InChI=1S/C14H21BrN2O.ClH/c1-10(16)8-13(18)17-9-14(2,3)11-6-4-5-7-12(11)15;/h4-7,10H,8-9,16H2,1-3H3,(H,17,18);1H. The number of nitrogens with two attached hydrogens (primary N) is 1. The number of benzene rings is 1. The lowest BCUT2D eigenvalue weighted by Gasteiger charge is -2.27. The molecule has 1 aromatic rings. The first-order valence-electron chi connectivity index (χ1n) is 6.10. The van der Waals surface area contributed by atoms with Gasteiger partial charge in [0.05, 0.1) is 0 Å². The number of hydrogen-bond donors (Lipinski definition) is 2. The summed E-state index contributed by atoms with van der Waals surface area (Å²) in [5, 5.41) is 2.94. The van der Waals surface area contributed by atoms with Gasteiger partial charge in [0.25, 0.3) is 0 Å². The molecule has 0 aliphatic rings. The van der Waals surface area contributed by atoms with E-state index in [0.717, 1.165) is 4.47 Å². The minimum absolute atomic E-state index is 0. The van der Waals surface area contributed by atoms with Gasteiger partial charge in [0.15, 0.2) is 0 Å². The van der Waals surface area contributed by atoms with Gasteiger partial charge in [-0.25, -0.2) is 0 Å². The Morgan fingerprint density at radius 1 is 1.42 bits per heavy atom. The summed E-state index contributed by atoms with van der Waals surface area (Å²) >= 11 is 3.55. The van der Waals surface area contributed by atoms with Crippen molar-refractivity contribution in [1.29, 1.82) is 0 Å². The van der Waals surface area contributed by atoms with Gasteiger partial charge in [-0.3, -0.25) is 4.79 Å². The number of hydrogen-bond acceptors (Lipinski definition) is 2. The van der Waals surface area contributed by atoms with Crippen molar-refractivity contribution in [2.75, 3.05) is 6.54 Å². The molecule has 0 heterocycles. The highest BCUT2D eigenvalue weighted by atomic mass is 79.9. The SMILES string of the molecule is CC(N)CC(=O)NCC(C)(C)c1ccccc1Br.Cl. The van der Waals surface area contributed by atoms with Crippen molar-refractivity contribution in [3.63, 3.8) is 0 Å². The molecule has 3 nitrogen and oxygen atoms in total. The first-order chi connectivity index (χ1) is 8.33. The molecule has 19 heavy (non-hydrogen) atoms. The normalized spacial score (nSPS) is 12.5. The summed E-state index contributed by atoms with van der Waals surface area (Å²) in [7, 11) is 0. The average Bonchev–Trinajstić information content (AvgIpc) is 2.26. The topological polar surface area (TPSA) is 55.1 Å². The van der Waals surface area contributed by atoms with Gasteiger partial charge in [-0.15, -0.1) is 12.4 Å². The molecule has 0 radical (unpaired) electrons. The first kappa shape index (κ1) is 18.4. The molecule has 108 valence electrons. The molecule has 0 saturated carbocycles. The third kappa shape index (κ3) is 5.93. The van der Waals surface area contributed by atoms with Crippen LogP contribution < -0.4 is 11.1 Å². The molecule has 0 fully saturated rings. The maximum Gasteiger partial charge on any atom is 0.221 e. The van der Waals surface area contributed by atoms with Crippen molar-refractivity contribution in [1.82, 2.24) is 5.32 Å². The molecule has 0 bridgehead atoms. The van der Waals surface area contributed by atoms with Crippen LogP contribution in [0.5, 0.6) is 0 Å². The van der Waals surface area contributed by atoms with Gasteiger partial charge in [-0.2, -0.15) is 0 Å². The van der Waals surface area contributed by atoms with Gasteiger partial charge in [-0.05, 0) is 18.6 Å². The summed E-state index contributed by atoms with van der Waals surface area (Å²) in [5.41, 5.74) is 6.67. The van der Waals surface area contributed by atoms with E-state index in [-0.39, 0.29) is 29.8 Å². The van der Waals surface area contributed by atoms with E-state index in [1.165, 1.54) is 5.56 Å². The summed E-state index contributed by atoms with van der Waals surface area (Å²) < 4.78 is 1.07. The van der Waals surface area contributed by atoms with Crippen LogP contribution in [-0.4, -0.2) is 18.5 Å². The quantitative estimate of drug-likeness (QED) is 0.858. The van der Waals surface area contributed by atoms with Crippen molar-refractivity contribution >= 4 is 34.2 Å². The second-order valence-corrected chi connectivity index (χ2v) is 6.18. The van der Waals surface area contributed by atoms with Gasteiger partial charge in [0, 0.05) is 28.9 Å². The van der Waals surface area contributed by atoms with Crippen molar-refractivity contribution < 1.29 is 4.79 Å². The molecule has 1 aromatic carbocycles. The van der Waals surface area contributed by atoms with Crippen LogP contribution in [0.4, 0.5) is 0 Å². The minimum atomic E-state index is -0.117. The summed E-state index contributed by atoms with van der Waals surface area (Å²) in [6.45, 7) is 6.65. The molecule has 0 aliphatic carbocycles. The van der Waals surface area contributed by atoms with Gasteiger partial charge in [0.1, 0.15) is 0 Å². The van der Waals surface area contributed by atoms with Crippen LogP contribution in [0, 0.1) is 0 Å². The van der Waals surface area contributed by atoms with E-state index in [9.17, 15) is 4.79 Å². The van der Waals surface area contributed by atoms with E-state index < -0.39 is 0 Å². The van der Waals surface area contributed by atoms with E-state index in [1.54, 1.807) is 0 Å². The predicted octanol–water partition coefficient (Wildman–Crippen LogP) is 3.00. The Morgan fingerprint density at radius 2 is 2.00 bits per heavy atom. The Labute approximate surface area is 129 Å². The molecule has 0 aliphatic heterocycles. The maximum atomic E-state index is 11.6. The van der Waals surface area contributed by atoms with E-state index in [0.29, 0.717) is 13.0 Å². The number of amides is 1. The van der Waals surface area contributed by atoms with E-state index in [2.05, 4.69) is 41.2 Å². The van der Waals surface area contributed by atoms with Crippen LogP contribution in [0.3, 0.4) is 0 Å². The van der Waals surface area contributed by atoms with Crippen LogP contribution in [0.1, 0.15) is 32.8 Å². The molecular weight excluding hydrogens is 328 g/mol. The number of rotatable bonds is 5. The lowest BCUT2D eigenvalue weighted by Crippen LogP contribution is -2.38. The van der Waals surface area contributed by atoms with Gasteiger partial charge >= 0.3 is 0 Å². The Kier molecular flexibility index (Phi) is 7.64. The van der Waals surface area contributed by atoms with Crippen LogP contribution >= 0.6 is 28.3 Å². The highest BCUT2D eigenvalue weighted by molar-refractivity contribution is 9.10. The fraction of sp³-hybridized carbons (Fsp3) is 0.500. The zero-order valence-electron chi connectivity index (χ0n) is 11.6. The lowest BCUT2D eigenvalue weighted by molar-refractivity contribution is -0.121. The van der Waals surface area contributed by atoms with Crippen LogP contribution in [0.25, 0.3) is 0 Å². The van der Waals surface area contributed by atoms with Gasteiger partial charge in [-0.1, -0.05) is 48.0 Å². The highest BCUT2D eigenvalue weighted by Crippen LogP contribution is 2.29. The molecule has 5 heteroatoms. The zero-order valence-corrected chi connectivity index (χ0v) is 14.0. The second-order valence-electron chi connectivity index (χ2n) is 5.32. The lowest BCUT2D eigenvalue weighted by atomic mass is 9.84. The Balaban J connectivity index is 0.00000324. The molecule has 1 amide bonds. The average molecular weight is 350 g/mol. The summed E-state index contributed by atoms with van der Waals surface area (Å²) in [6.07, 6.45) is 0.367. The molecule has 0 aromatic heterocycles.